The van der Waals surface area contributed by atoms with Crippen LogP contribution in [0, 0.1) is 0 Å². The first-order valence-corrected chi connectivity index (χ1v) is 11.1. The monoisotopic (exact) mass is 512 g/mol. The van der Waals surface area contributed by atoms with Crippen molar-refractivity contribution in [3.63, 3.8) is 0 Å². The van der Waals surface area contributed by atoms with Crippen LogP contribution in [-0.2, 0) is 0 Å². The summed E-state index contributed by atoms with van der Waals surface area (Å²) in [4.78, 5) is 48.1. The topological polar surface area (TPSA) is 173 Å². The largest absolute Gasteiger partial charge is 0.507 e. The molecule has 10 heteroatoms. The van der Waals surface area contributed by atoms with E-state index in [1.165, 1.54) is 12.1 Å². The molecule has 190 valence electrons. The van der Waals surface area contributed by atoms with Gasteiger partial charge in [0.05, 0.1) is 22.4 Å². The highest BCUT2D eigenvalue weighted by Gasteiger charge is 2.24. The summed E-state index contributed by atoms with van der Waals surface area (Å²) >= 11 is 0. The van der Waals surface area contributed by atoms with Gasteiger partial charge in [-0.1, -0.05) is 36.1 Å². The number of phenols is 1. The number of rotatable bonds is 7. The van der Waals surface area contributed by atoms with Gasteiger partial charge in [0.15, 0.2) is 0 Å². The third kappa shape index (κ3) is 5.01. The first-order valence-electron chi connectivity index (χ1n) is 11.1. The standard InChI is InChI=1S/C28H20N2O8/c1-14-8-9-29-22(10-14)17-5-3-2-4-16(17)15-6-7-18(26(33)34)23(11-15)30-25(32)19-12-21(28(37)38)24(31)13-20(19)27(35)36/h2-7,9-13,29,31H,1H3,(H,30,32)(H,33,34)(H,35,36)(H,37,38). The highest BCUT2D eigenvalue weighted by molar-refractivity contribution is 6.14. The molecule has 0 aliphatic carbocycles. The Morgan fingerprint density at radius 3 is 2.08 bits per heavy atom. The molecule has 4 rings (SSSR count). The van der Waals surface area contributed by atoms with Crippen molar-refractivity contribution >= 4 is 35.2 Å². The number of allylic oxidation sites excluding steroid dienone is 2. The minimum Gasteiger partial charge on any atom is -0.507 e. The Hall–Kier alpha value is -5.60. The van der Waals surface area contributed by atoms with Crippen molar-refractivity contribution in [3.05, 3.63) is 106 Å². The third-order valence-electron chi connectivity index (χ3n) is 5.76. The Labute approximate surface area is 215 Å². The molecule has 0 atom stereocenters. The molecular weight excluding hydrogens is 492 g/mol. The van der Waals surface area contributed by atoms with Crippen LogP contribution in [0.5, 0.6) is 5.75 Å². The number of nitrogens with one attached hydrogen (secondary N) is 2. The van der Waals surface area contributed by atoms with E-state index in [2.05, 4.69) is 16.4 Å². The Balaban J connectivity index is 1.81. The van der Waals surface area contributed by atoms with Gasteiger partial charge in [-0.05, 0) is 54.0 Å². The van der Waals surface area contributed by atoms with Crippen molar-refractivity contribution in [2.45, 2.75) is 6.92 Å². The molecule has 3 aromatic rings. The van der Waals surface area contributed by atoms with Gasteiger partial charge in [-0.15, -0.1) is 0 Å². The summed E-state index contributed by atoms with van der Waals surface area (Å²) in [6, 6.07) is 13.0. The van der Waals surface area contributed by atoms with Crippen molar-refractivity contribution < 1.29 is 39.6 Å². The summed E-state index contributed by atoms with van der Waals surface area (Å²) in [5, 5.41) is 43.9. The smallest absolute Gasteiger partial charge is 0.339 e. The van der Waals surface area contributed by atoms with Crippen LogP contribution < -0.4 is 10.6 Å². The number of benzene rings is 3. The van der Waals surface area contributed by atoms with Crippen LogP contribution in [0.15, 0.2) is 78.2 Å². The molecule has 1 aliphatic rings. The van der Waals surface area contributed by atoms with Crippen LogP contribution in [0.1, 0.15) is 53.9 Å². The number of anilines is 1. The molecule has 0 spiro atoms. The van der Waals surface area contributed by atoms with E-state index in [1.54, 1.807) is 18.3 Å². The van der Waals surface area contributed by atoms with Crippen LogP contribution in [0.25, 0.3) is 16.8 Å². The lowest BCUT2D eigenvalue weighted by Gasteiger charge is -2.17. The number of carboxylic acid groups (broad SMARTS) is 3. The van der Waals surface area contributed by atoms with Gasteiger partial charge in [0.25, 0.3) is 5.91 Å². The highest BCUT2D eigenvalue weighted by Crippen LogP contribution is 2.33. The molecule has 10 nitrogen and oxygen atoms in total. The fourth-order valence-corrected chi connectivity index (χ4v) is 3.97. The van der Waals surface area contributed by atoms with Gasteiger partial charge in [-0.2, -0.15) is 0 Å². The Morgan fingerprint density at radius 2 is 1.45 bits per heavy atom. The predicted molar refractivity (Wildman–Crippen MR) is 137 cm³/mol. The van der Waals surface area contributed by atoms with E-state index in [-0.39, 0.29) is 11.3 Å². The summed E-state index contributed by atoms with van der Waals surface area (Å²) < 4.78 is 0. The van der Waals surface area contributed by atoms with E-state index >= 15 is 0 Å². The number of hydrogen-bond acceptors (Lipinski definition) is 6. The van der Waals surface area contributed by atoms with Crippen LogP contribution in [-0.4, -0.2) is 44.2 Å². The van der Waals surface area contributed by atoms with Gasteiger partial charge in [0.1, 0.15) is 11.3 Å². The Bertz CT molecular complexity index is 1630. The number of carbonyl (C=O) groups excluding carboxylic acids is 1. The van der Waals surface area contributed by atoms with Crippen molar-refractivity contribution in [1.82, 2.24) is 5.32 Å². The number of carboxylic acids is 3. The Kier molecular flexibility index (Phi) is 6.83. The van der Waals surface area contributed by atoms with E-state index in [1.807, 2.05) is 31.2 Å². The molecule has 6 N–H and O–H groups in total. The van der Waals surface area contributed by atoms with Gasteiger partial charge < -0.3 is 31.1 Å². The summed E-state index contributed by atoms with van der Waals surface area (Å²) in [5.41, 5.74) is 4.44. The third-order valence-corrected chi connectivity index (χ3v) is 5.76. The first kappa shape index (κ1) is 25.5. The fraction of sp³-hybridized carbons (Fsp3) is 0.0357. The molecule has 1 aliphatic heterocycles. The lowest BCUT2D eigenvalue weighted by atomic mass is 9.94. The van der Waals surface area contributed by atoms with Gasteiger partial charge >= 0.3 is 17.9 Å². The van der Waals surface area contributed by atoms with E-state index < -0.39 is 46.3 Å². The SMILES string of the molecule is CC1=C=CNC(c2ccccc2-c2ccc(C(=O)O)c(NC(=O)c3cc(C(=O)O)c(O)cc3C(=O)O)c2)=C1. The predicted octanol–water partition coefficient (Wildman–Crippen LogP) is 4.41. The van der Waals surface area contributed by atoms with Crippen molar-refractivity contribution in [1.29, 1.82) is 0 Å². The molecule has 0 unspecified atom stereocenters. The zero-order chi connectivity index (χ0) is 27.6. The van der Waals surface area contributed by atoms with Crippen molar-refractivity contribution in [2.24, 2.45) is 0 Å². The molecule has 1 amide bonds. The van der Waals surface area contributed by atoms with E-state index in [0.717, 1.165) is 22.9 Å². The maximum atomic E-state index is 13.1. The van der Waals surface area contributed by atoms with Gasteiger partial charge in [0.2, 0.25) is 0 Å². The van der Waals surface area contributed by atoms with Crippen LogP contribution in [0.2, 0.25) is 0 Å². The maximum absolute atomic E-state index is 13.1. The maximum Gasteiger partial charge on any atom is 0.339 e. The number of aromatic hydroxyl groups is 1. The molecule has 0 aromatic heterocycles. The van der Waals surface area contributed by atoms with Crippen LogP contribution in [0.3, 0.4) is 0 Å². The molecule has 0 saturated carbocycles. The molecule has 0 bridgehead atoms. The molecule has 1 heterocycles. The number of amides is 1. The molecular formula is C28H20N2O8. The average Bonchev–Trinajstić information content (AvgIpc) is 2.88. The number of carbonyl (C=O) groups is 4. The quantitative estimate of drug-likeness (QED) is 0.251. The molecule has 0 saturated heterocycles. The van der Waals surface area contributed by atoms with Crippen molar-refractivity contribution in [2.75, 3.05) is 5.32 Å². The Morgan fingerprint density at radius 1 is 0.789 bits per heavy atom. The molecule has 3 aromatic carbocycles. The number of hydrogen-bond donors (Lipinski definition) is 6. The van der Waals surface area contributed by atoms with Gasteiger partial charge in [-0.25, -0.2) is 14.4 Å². The molecule has 0 radical (unpaired) electrons. The highest BCUT2D eigenvalue weighted by atomic mass is 16.4. The normalized spacial score (nSPS) is 12.1. The van der Waals surface area contributed by atoms with E-state index in [9.17, 15) is 39.6 Å². The second-order valence-electron chi connectivity index (χ2n) is 8.26. The summed E-state index contributed by atoms with van der Waals surface area (Å²) in [7, 11) is 0. The summed E-state index contributed by atoms with van der Waals surface area (Å²) in [6.45, 7) is 1.89. The number of aromatic carboxylic acids is 3. The second kappa shape index (κ2) is 10.2. The zero-order valence-corrected chi connectivity index (χ0v) is 19.8. The molecule has 38 heavy (non-hydrogen) atoms. The van der Waals surface area contributed by atoms with Gasteiger partial charge in [0, 0.05) is 17.5 Å². The first-order chi connectivity index (χ1) is 18.1. The lowest BCUT2D eigenvalue weighted by molar-refractivity contribution is 0.0676. The lowest BCUT2D eigenvalue weighted by Crippen LogP contribution is -2.19. The summed E-state index contributed by atoms with van der Waals surface area (Å²) in [6.07, 6.45) is 3.56. The van der Waals surface area contributed by atoms with E-state index in [4.69, 9.17) is 0 Å². The van der Waals surface area contributed by atoms with Crippen molar-refractivity contribution in [3.8, 4) is 16.9 Å². The minimum atomic E-state index is -1.59. The van der Waals surface area contributed by atoms with E-state index in [0.29, 0.717) is 17.2 Å². The van der Waals surface area contributed by atoms with Crippen LogP contribution >= 0.6 is 0 Å². The average molecular weight is 512 g/mol. The molecule has 0 fully saturated rings. The van der Waals surface area contributed by atoms with Gasteiger partial charge in [-0.3, -0.25) is 4.79 Å². The second-order valence-corrected chi connectivity index (χ2v) is 8.26. The zero-order valence-electron chi connectivity index (χ0n) is 19.8. The summed E-state index contributed by atoms with van der Waals surface area (Å²) in [5.74, 6) is -6.42. The fourth-order valence-electron chi connectivity index (χ4n) is 3.97. The minimum absolute atomic E-state index is 0.141. The van der Waals surface area contributed by atoms with Crippen LogP contribution in [0.4, 0.5) is 5.69 Å².